The molecule has 0 aliphatic carbocycles. The SMILES string of the molecule is CN=C(C)NC(=O)c1c(Cl)c(Cl)cc2nc(OC)c(OC)nc12. The number of benzene rings is 1. The number of rotatable bonds is 3. The standard InChI is InChI=1S/C14H14Cl2N4O3/c1-6(17-2)18-12(21)9-10(16)7(15)5-8-11(9)20-14(23-4)13(19-8)22-3/h5H,1-4H3,(H,17,18,21). The van der Waals surface area contributed by atoms with E-state index in [1.54, 1.807) is 14.0 Å². The maximum Gasteiger partial charge on any atom is 0.278 e. The number of aliphatic imine (C=N–C) groups is 1. The van der Waals surface area contributed by atoms with Crippen molar-refractivity contribution in [3.8, 4) is 11.8 Å². The largest absolute Gasteiger partial charge is 0.477 e. The second kappa shape index (κ2) is 6.97. The van der Waals surface area contributed by atoms with Gasteiger partial charge in [0.25, 0.3) is 17.7 Å². The van der Waals surface area contributed by atoms with Gasteiger partial charge >= 0.3 is 0 Å². The van der Waals surface area contributed by atoms with Crippen molar-refractivity contribution < 1.29 is 14.3 Å². The van der Waals surface area contributed by atoms with Gasteiger partial charge in [0.2, 0.25) is 0 Å². The normalized spacial score (nSPS) is 11.5. The van der Waals surface area contributed by atoms with E-state index in [1.165, 1.54) is 20.3 Å². The molecule has 0 spiro atoms. The van der Waals surface area contributed by atoms with Crippen molar-refractivity contribution in [2.45, 2.75) is 6.92 Å². The highest BCUT2D eigenvalue weighted by Gasteiger charge is 2.22. The highest BCUT2D eigenvalue weighted by molar-refractivity contribution is 6.45. The van der Waals surface area contributed by atoms with Gasteiger partial charge in [-0.1, -0.05) is 23.2 Å². The summed E-state index contributed by atoms with van der Waals surface area (Å²) >= 11 is 12.3. The van der Waals surface area contributed by atoms with Gasteiger partial charge in [-0.05, 0) is 13.0 Å². The van der Waals surface area contributed by atoms with Crippen LogP contribution in [0, 0.1) is 0 Å². The molecule has 9 heteroatoms. The first-order chi connectivity index (χ1) is 10.9. The summed E-state index contributed by atoms with van der Waals surface area (Å²) in [5.41, 5.74) is 0.692. The van der Waals surface area contributed by atoms with Crippen LogP contribution >= 0.6 is 23.2 Å². The Morgan fingerprint density at radius 3 is 2.39 bits per heavy atom. The van der Waals surface area contributed by atoms with Gasteiger partial charge in [-0.15, -0.1) is 0 Å². The zero-order valence-electron chi connectivity index (χ0n) is 12.9. The fourth-order valence-corrected chi connectivity index (χ4v) is 2.29. The van der Waals surface area contributed by atoms with E-state index in [0.29, 0.717) is 11.4 Å². The maximum absolute atomic E-state index is 12.5. The summed E-state index contributed by atoms with van der Waals surface area (Å²) in [6, 6.07) is 1.51. The van der Waals surface area contributed by atoms with Gasteiger partial charge in [-0.3, -0.25) is 9.79 Å². The molecule has 0 aliphatic rings. The Morgan fingerprint density at radius 1 is 1.22 bits per heavy atom. The van der Waals surface area contributed by atoms with E-state index >= 15 is 0 Å². The molecule has 1 N–H and O–H groups in total. The molecule has 0 saturated heterocycles. The van der Waals surface area contributed by atoms with E-state index in [2.05, 4.69) is 20.3 Å². The zero-order valence-corrected chi connectivity index (χ0v) is 14.4. The number of fused-ring (bicyclic) bond motifs is 1. The molecule has 0 unspecified atom stereocenters. The molecule has 1 aromatic heterocycles. The van der Waals surface area contributed by atoms with E-state index in [0.717, 1.165) is 0 Å². The van der Waals surface area contributed by atoms with Crippen molar-refractivity contribution in [1.29, 1.82) is 0 Å². The van der Waals surface area contributed by atoms with Crippen LogP contribution in [0.3, 0.4) is 0 Å². The lowest BCUT2D eigenvalue weighted by atomic mass is 10.1. The molecule has 7 nitrogen and oxygen atoms in total. The van der Waals surface area contributed by atoms with Crippen LogP contribution in [0.2, 0.25) is 10.0 Å². The lowest BCUT2D eigenvalue weighted by Crippen LogP contribution is -2.29. The van der Waals surface area contributed by atoms with E-state index in [9.17, 15) is 4.79 Å². The second-order valence-electron chi connectivity index (χ2n) is 4.42. The molecular weight excluding hydrogens is 343 g/mol. The van der Waals surface area contributed by atoms with Gasteiger partial charge in [-0.25, -0.2) is 9.97 Å². The molecule has 0 radical (unpaired) electrons. The number of carbonyl (C=O) groups excluding carboxylic acids is 1. The van der Waals surface area contributed by atoms with Gasteiger partial charge in [-0.2, -0.15) is 0 Å². The number of hydrogen-bond donors (Lipinski definition) is 1. The summed E-state index contributed by atoms with van der Waals surface area (Å²) in [6.07, 6.45) is 0. The highest BCUT2D eigenvalue weighted by Crippen LogP contribution is 2.34. The van der Waals surface area contributed by atoms with Crippen LogP contribution in [0.15, 0.2) is 11.1 Å². The Balaban J connectivity index is 2.75. The Morgan fingerprint density at radius 2 is 1.83 bits per heavy atom. The van der Waals surface area contributed by atoms with E-state index < -0.39 is 5.91 Å². The molecule has 2 aromatic rings. The van der Waals surface area contributed by atoms with Crippen LogP contribution in [-0.2, 0) is 0 Å². The third kappa shape index (κ3) is 3.30. The van der Waals surface area contributed by atoms with Gasteiger partial charge in [0.05, 0.1) is 41.2 Å². The van der Waals surface area contributed by atoms with Crippen LogP contribution in [0.25, 0.3) is 11.0 Å². The minimum absolute atomic E-state index is 0.0714. The highest BCUT2D eigenvalue weighted by atomic mass is 35.5. The van der Waals surface area contributed by atoms with Crippen molar-refractivity contribution in [3.05, 3.63) is 21.7 Å². The number of carbonyl (C=O) groups is 1. The van der Waals surface area contributed by atoms with Gasteiger partial charge in [0, 0.05) is 7.05 Å². The molecule has 0 fully saturated rings. The second-order valence-corrected chi connectivity index (χ2v) is 5.21. The Hall–Kier alpha value is -2.12. The van der Waals surface area contributed by atoms with Crippen molar-refractivity contribution in [1.82, 2.24) is 15.3 Å². The summed E-state index contributed by atoms with van der Waals surface area (Å²) in [7, 11) is 4.41. The number of nitrogens with zero attached hydrogens (tertiary/aromatic N) is 3. The molecule has 0 atom stereocenters. The first-order valence-electron chi connectivity index (χ1n) is 6.45. The lowest BCUT2D eigenvalue weighted by Gasteiger charge is -2.12. The summed E-state index contributed by atoms with van der Waals surface area (Å²) in [5, 5.41) is 2.85. The Labute approximate surface area is 142 Å². The molecule has 0 aliphatic heterocycles. The number of methoxy groups -OCH3 is 2. The Kier molecular flexibility index (Phi) is 5.23. The number of ether oxygens (including phenoxy) is 2. The first kappa shape index (κ1) is 17.2. The third-order valence-electron chi connectivity index (χ3n) is 3.03. The molecule has 23 heavy (non-hydrogen) atoms. The molecule has 0 bridgehead atoms. The van der Waals surface area contributed by atoms with Crippen LogP contribution < -0.4 is 14.8 Å². The summed E-state index contributed by atoms with van der Waals surface area (Å²) in [6.45, 7) is 1.65. The predicted molar refractivity (Wildman–Crippen MR) is 89.2 cm³/mol. The van der Waals surface area contributed by atoms with Crippen molar-refractivity contribution in [2.75, 3.05) is 21.3 Å². The minimum Gasteiger partial charge on any atom is -0.477 e. The average molecular weight is 357 g/mol. The molecule has 1 amide bonds. The number of nitrogens with one attached hydrogen (secondary N) is 1. The van der Waals surface area contributed by atoms with Crippen LogP contribution in [0.1, 0.15) is 17.3 Å². The maximum atomic E-state index is 12.5. The number of aromatic nitrogens is 2. The van der Waals surface area contributed by atoms with Crippen molar-refractivity contribution in [2.24, 2.45) is 4.99 Å². The summed E-state index contributed by atoms with van der Waals surface area (Å²) in [5.74, 6) is 0.240. The third-order valence-corrected chi connectivity index (χ3v) is 3.82. The van der Waals surface area contributed by atoms with Crippen molar-refractivity contribution >= 4 is 46.0 Å². The fraction of sp³-hybridized carbons (Fsp3) is 0.286. The average Bonchev–Trinajstić information content (AvgIpc) is 2.54. The van der Waals surface area contributed by atoms with E-state index in [1.807, 2.05) is 0 Å². The minimum atomic E-state index is -0.493. The number of amides is 1. The zero-order chi connectivity index (χ0) is 17.1. The Bertz CT molecular complexity index is 808. The summed E-state index contributed by atoms with van der Waals surface area (Å²) in [4.78, 5) is 24.9. The van der Waals surface area contributed by atoms with Gasteiger partial charge < -0.3 is 14.8 Å². The topological polar surface area (TPSA) is 85.7 Å². The van der Waals surface area contributed by atoms with Crippen LogP contribution in [0.4, 0.5) is 0 Å². The van der Waals surface area contributed by atoms with E-state index in [-0.39, 0.29) is 32.9 Å². The number of halogens is 2. The monoisotopic (exact) mass is 356 g/mol. The quantitative estimate of drug-likeness (QED) is 0.674. The number of amidine groups is 1. The van der Waals surface area contributed by atoms with Crippen molar-refractivity contribution in [3.63, 3.8) is 0 Å². The predicted octanol–water partition coefficient (Wildman–Crippen LogP) is 2.73. The van der Waals surface area contributed by atoms with Gasteiger partial charge in [0.15, 0.2) is 0 Å². The van der Waals surface area contributed by atoms with Crippen LogP contribution in [-0.4, -0.2) is 43.0 Å². The smallest absolute Gasteiger partial charge is 0.278 e. The first-order valence-corrected chi connectivity index (χ1v) is 7.21. The number of hydrogen-bond acceptors (Lipinski definition) is 6. The van der Waals surface area contributed by atoms with Gasteiger partial charge in [0.1, 0.15) is 5.52 Å². The molecule has 1 aromatic carbocycles. The molecule has 2 rings (SSSR count). The molecular formula is C14H14Cl2N4O3. The molecule has 1 heterocycles. The fourth-order valence-electron chi connectivity index (χ4n) is 1.86. The van der Waals surface area contributed by atoms with E-state index in [4.69, 9.17) is 32.7 Å². The van der Waals surface area contributed by atoms with Crippen LogP contribution in [0.5, 0.6) is 11.8 Å². The summed E-state index contributed by atoms with van der Waals surface area (Å²) < 4.78 is 10.2. The molecule has 0 saturated carbocycles. The lowest BCUT2D eigenvalue weighted by molar-refractivity contribution is 0.0978. The molecule has 122 valence electrons.